The maximum atomic E-state index is 13.1. The molecular formula is C45H45N9O3. The van der Waals surface area contributed by atoms with Crippen LogP contribution in [-0.4, -0.2) is 56.3 Å². The molecule has 1 fully saturated rings. The van der Waals surface area contributed by atoms with Crippen LogP contribution in [0.3, 0.4) is 0 Å². The number of amides is 1. The van der Waals surface area contributed by atoms with E-state index in [0.717, 1.165) is 68.6 Å². The standard InChI is InChI=1S/C25H26N6O.C20H19N3O2/c1-16(2)24-26-7-8-31(24)22-10-19(23-6-5-17(3)12-29-23)9-20(11-22)25(32)30-15-21-14-27-18(4)13-28-21;1-13-2-5-18(21-11-13)15-8-16(10-17(9-15)20(24)25)19-6-7-22-23(19)12-14-3-4-14/h5-14,16H,15H2,1-4H3,(H,30,32);2,5-11,14H,3-4,12H2,1H3,(H,24,25). The molecule has 5 heterocycles. The zero-order valence-electron chi connectivity index (χ0n) is 32.7. The van der Waals surface area contributed by atoms with Gasteiger partial charge in [-0.3, -0.25) is 29.4 Å². The second-order valence-corrected chi connectivity index (χ2v) is 14.8. The van der Waals surface area contributed by atoms with E-state index in [1.807, 2.05) is 97.0 Å². The molecule has 288 valence electrons. The number of aryl methyl sites for hydroxylation is 3. The van der Waals surface area contributed by atoms with E-state index in [1.165, 1.54) is 12.8 Å². The van der Waals surface area contributed by atoms with Crippen LogP contribution in [0.1, 0.15) is 81.7 Å². The third-order valence-corrected chi connectivity index (χ3v) is 9.64. The van der Waals surface area contributed by atoms with Crippen LogP contribution in [0.25, 0.3) is 39.5 Å². The lowest BCUT2D eigenvalue weighted by Gasteiger charge is -2.14. The van der Waals surface area contributed by atoms with Crippen molar-refractivity contribution in [2.45, 2.75) is 66.5 Å². The smallest absolute Gasteiger partial charge is 0.335 e. The van der Waals surface area contributed by atoms with E-state index in [1.54, 1.807) is 43.1 Å². The zero-order chi connectivity index (χ0) is 40.1. The Balaban J connectivity index is 0.000000179. The number of hydrogen-bond donors (Lipinski definition) is 2. The summed E-state index contributed by atoms with van der Waals surface area (Å²) >= 11 is 0. The first-order valence-electron chi connectivity index (χ1n) is 19.0. The summed E-state index contributed by atoms with van der Waals surface area (Å²) in [7, 11) is 0. The maximum absolute atomic E-state index is 13.1. The van der Waals surface area contributed by atoms with Gasteiger partial charge in [0.25, 0.3) is 5.91 Å². The fourth-order valence-electron chi connectivity index (χ4n) is 6.37. The molecule has 5 aromatic heterocycles. The van der Waals surface area contributed by atoms with Crippen molar-refractivity contribution in [1.82, 2.24) is 44.6 Å². The van der Waals surface area contributed by atoms with Crippen LogP contribution in [0.5, 0.6) is 0 Å². The van der Waals surface area contributed by atoms with Crippen molar-refractivity contribution in [3.05, 3.63) is 150 Å². The van der Waals surface area contributed by atoms with Crippen molar-refractivity contribution in [3.8, 4) is 39.5 Å². The normalized spacial score (nSPS) is 12.2. The predicted molar refractivity (Wildman–Crippen MR) is 219 cm³/mol. The van der Waals surface area contributed by atoms with Gasteiger partial charge in [-0.25, -0.2) is 9.78 Å². The molecule has 0 bridgehead atoms. The lowest BCUT2D eigenvalue weighted by atomic mass is 10.0. The Labute approximate surface area is 331 Å². The summed E-state index contributed by atoms with van der Waals surface area (Å²) in [5.74, 6) is 0.737. The van der Waals surface area contributed by atoms with Gasteiger partial charge < -0.3 is 15.0 Å². The molecule has 0 saturated heterocycles. The first kappa shape index (κ1) is 38.5. The van der Waals surface area contributed by atoms with Gasteiger partial charge in [0.15, 0.2) is 0 Å². The first-order valence-corrected chi connectivity index (χ1v) is 19.0. The molecular weight excluding hydrogens is 715 g/mol. The highest BCUT2D eigenvalue weighted by atomic mass is 16.4. The Morgan fingerprint density at radius 1 is 0.754 bits per heavy atom. The number of rotatable bonds is 11. The fraction of sp³-hybridized carbons (Fsp3) is 0.244. The highest BCUT2D eigenvalue weighted by Gasteiger charge is 2.24. The molecule has 1 aliphatic carbocycles. The lowest BCUT2D eigenvalue weighted by molar-refractivity contribution is 0.0696. The van der Waals surface area contributed by atoms with Gasteiger partial charge in [-0.05, 0) is 105 Å². The Morgan fingerprint density at radius 2 is 1.44 bits per heavy atom. The third kappa shape index (κ3) is 9.53. The van der Waals surface area contributed by atoms with Gasteiger partial charge in [-0.2, -0.15) is 5.10 Å². The van der Waals surface area contributed by atoms with Crippen LogP contribution in [-0.2, 0) is 13.1 Å². The van der Waals surface area contributed by atoms with Crippen LogP contribution in [0, 0.1) is 26.7 Å². The molecule has 12 heteroatoms. The van der Waals surface area contributed by atoms with Gasteiger partial charge in [0.05, 0.1) is 46.8 Å². The summed E-state index contributed by atoms with van der Waals surface area (Å²) < 4.78 is 4.00. The van der Waals surface area contributed by atoms with Crippen molar-refractivity contribution in [3.63, 3.8) is 0 Å². The molecule has 57 heavy (non-hydrogen) atoms. The molecule has 1 saturated carbocycles. The minimum absolute atomic E-state index is 0.186. The quantitative estimate of drug-likeness (QED) is 0.132. The number of carboxylic acid groups (broad SMARTS) is 1. The summed E-state index contributed by atoms with van der Waals surface area (Å²) in [4.78, 5) is 46.7. The van der Waals surface area contributed by atoms with E-state index in [0.29, 0.717) is 23.7 Å². The Hall–Kier alpha value is -6.82. The number of imidazole rings is 1. The number of aromatic nitrogens is 8. The minimum atomic E-state index is -0.941. The van der Waals surface area contributed by atoms with E-state index in [-0.39, 0.29) is 17.4 Å². The van der Waals surface area contributed by atoms with E-state index in [2.05, 4.69) is 49.2 Å². The molecule has 0 aliphatic heterocycles. The molecule has 0 unspecified atom stereocenters. The molecule has 12 nitrogen and oxygen atoms in total. The van der Waals surface area contributed by atoms with Gasteiger partial charge in [0, 0.05) is 77.6 Å². The van der Waals surface area contributed by atoms with Gasteiger partial charge in [0.1, 0.15) is 5.82 Å². The average Bonchev–Trinajstić information content (AvgIpc) is 3.67. The van der Waals surface area contributed by atoms with Crippen LogP contribution in [0.4, 0.5) is 0 Å². The van der Waals surface area contributed by atoms with Crippen molar-refractivity contribution in [1.29, 1.82) is 0 Å². The number of pyridine rings is 2. The molecule has 0 radical (unpaired) electrons. The van der Waals surface area contributed by atoms with Crippen molar-refractivity contribution in [2.75, 3.05) is 0 Å². The predicted octanol–water partition coefficient (Wildman–Crippen LogP) is 8.42. The van der Waals surface area contributed by atoms with Crippen molar-refractivity contribution < 1.29 is 14.7 Å². The average molecular weight is 760 g/mol. The maximum Gasteiger partial charge on any atom is 0.335 e. The van der Waals surface area contributed by atoms with Crippen LogP contribution >= 0.6 is 0 Å². The number of carbonyl (C=O) groups is 2. The largest absolute Gasteiger partial charge is 0.478 e. The first-order chi connectivity index (χ1) is 27.5. The van der Waals surface area contributed by atoms with Crippen molar-refractivity contribution >= 4 is 11.9 Å². The summed E-state index contributed by atoms with van der Waals surface area (Å²) in [6.07, 6.45) is 14.9. The Bertz CT molecular complexity index is 2500. The summed E-state index contributed by atoms with van der Waals surface area (Å²) in [6.45, 7) is 11.2. The van der Waals surface area contributed by atoms with Gasteiger partial charge in [0.2, 0.25) is 0 Å². The topological polar surface area (TPSA) is 154 Å². The summed E-state index contributed by atoms with van der Waals surface area (Å²) in [5, 5.41) is 16.9. The van der Waals surface area contributed by atoms with E-state index in [9.17, 15) is 14.7 Å². The highest BCUT2D eigenvalue weighted by molar-refractivity contribution is 5.96. The number of carboxylic acids is 1. The number of benzene rings is 2. The summed E-state index contributed by atoms with van der Waals surface area (Å²) in [5.41, 5.74) is 10.4. The summed E-state index contributed by atoms with van der Waals surface area (Å²) in [6, 6.07) is 21.0. The number of hydrogen-bond acceptors (Lipinski definition) is 8. The second kappa shape index (κ2) is 16.9. The fourth-order valence-corrected chi connectivity index (χ4v) is 6.37. The van der Waals surface area contributed by atoms with E-state index >= 15 is 0 Å². The number of nitrogens with one attached hydrogen (secondary N) is 1. The molecule has 0 spiro atoms. The minimum Gasteiger partial charge on any atom is -0.478 e. The number of nitrogens with zero attached hydrogens (tertiary/aromatic N) is 8. The highest BCUT2D eigenvalue weighted by Crippen LogP contribution is 2.33. The SMILES string of the molecule is Cc1ccc(-c2cc(C(=O)NCc3cnc(C)cn3)cc(-n3ccnc3C(C)C)c2)nc1.Cc1ccc(-c2cc(C(=O)O)cc(-c3ccnn3CC3CC3)c2)nc1. The van der Waals surface area contributed by atoms with Gasteiger partial charge >= 0.3 is 5.97 Å². The number of carbonyl (C=O) groups excluding carboxylic acids is 1. The van der Waals surface area contributed by atoms with Crippen molar-refractivity contribution in [2.24, 2.45) is 5.92 Å². The van der Waals surface area contributed by atoms with Gasteiger partial charge in [-0.1, -0.05) is 26.0 Å². The molecule has 2 N–H and O–H groups in total. The molecule has 2 aromatic carbocycles. The van der Waals surface area contributed by atoms with Crippen LogP contribution in [0.15, 0.2) is 110 Å². The monoisotopic (exact) mass is 759 g/mol. The third-order valence-electron chi connectivity index (χ3n) is 9.64. The lowest BCUT2D eigenvalue weighted by Crippen LogP contribution is -2.23. The molecule has 7 aromatic rings. The molecule has 1 aliphatic rings. The van der Waals surface area contributed by atoms with Gasteiger partial charge in [-0.15, -0.1) is 0 Å². The Kier molecular flexibility index (Phi) is 11.4. The molecule has 0 atom stereocenters. The molecule has 1 amide bonds. The van der Waals surface area contributed by atoms with Crippen LogP contribution in [0.2, 0.25) is 0 Å². The number of aromatic carboxylic acids is 1. The zero-order valence-corrected chi connectivity index (χ0v) is 32.7. The Morgan fingerprint density at radius 3 is 2.05 bits per heavy atom. The second-order valence-electron chi connectivity index (χ2n) is 14.8. The van der Waals surface area contributed by atoms with Crippen LogP contribution < -0.4 is 5.32 Å². The van der Waals surface area contributed by atoms with E-state index < -0.39 is 5.97 Å². The van der Waals surface area contributed by atoms with E-state index in [4.69, 9.17) is 0 Å². The molecule has 8 rings (SSSR count).